The summed E-state index contributed by atoms with van der Waals surface area (Å²) in [6.07, 6.45) is -0.696. The van der Waals surface area contributed by atoms with Crippen LogP contribution >= 0.6 is 0 Å². The van der Waals surface area contributed by atoms with Crippen molar-refractivity contribution in [1.82, 2.24) is 10.0 Å². The summed E-state index contributed by atoms with van der Waals surface area (Å²) in [6.45, 7) is -0.0864. The number of nitrogens with one attached hydrogen (secondary N) is 2. The Morgan fingerprint density at radius 2 is 1.69 bits per heavy atom. The lowest BCUT2D eigenvalue weighted by Gasteiger charge is -2.09. The SMILES string of the molecule is O=C(NCCNS(=O)(=O)c1ccccc1[N+](=O)[O-])OCc1ccccc1. The summed E-state index contributed by atoms with van der Waals surface area (Å²) in [4.78, 5) is 21.3. The first-order valence-corrected chi connectivity index (χ1v) is 9.06. The maximum absolute atomic E-state index is 12.2. The molecule has 0 aliphatic heterocycles. The van der Waals surface area contributed by atoms with Crippen LogP contribution in [0.4, 0.5) is 10.5 Å². The van der Waals surface area contributed by atoms with Crippen molar-refractivity contribution in [3.8, 4) is 0 Å². The fraction of sp³-hybridized carbons (Fsp3) is 0.188. The molecule has 0 spiro atoms. The van der Waals surface area contributed by atoms with Gasteiger partial charge in [0.15, 0.2) is 4.90 Å². The number of carbonyl (C=O) groups excluding carboxylic acids is 1. The number of para-hydroxylation sites is 1. The molecule has 10 heteroatoms. The number of ether oxygens (including phenoxy) is 1. The van der Waals surface area contributed by atoms with Gasteiger partial charge in [0.05, 0.1) is 4.92 Å². The van der Waals surface area contributed by atoms with Crippen LogP contribution in [0.15, 0.2) is 59.5 Å². The van der Waals surface area contributed by atoms with Crippen molar-refractivity contribution < 1.29 is 22.9 Å². The van der Waals surface area contributed by atoms with Crippen LogP contribution in [-0.2, 0) is 21.4 Å². The Balaban J connectivity index is 1.80. The van der Waals surface area contributed by atoms with Gasteiger partial charge in [0, 0.05) is 19.2 Å². The summed E-state index contributed by atoms with van der Waals surface area (Å²) >= 11 is 0. The molecule has 2 aromatic rings. The summed E-state index contributed by atoms with van der Waals surface area (Å²) in [6, 6.07) is 14.1. The average Bonchev–Trinajstić information content (AvgIpc) is 2.64. The maximum Gasteiger partial charge on any atom is 0.407 e. The predicted octanol–water partition coefficient (Wildman–Crippen LogP) is 1.80. The number of alkyl carbamates (subject to hydrolysis) is 1. The van der Waals surface area contributed by atoms with Crippen LogP contribution in [0.25, 0.3) is 0 Å². The molecule has 1 amide bonds. The number of carbonyl (C=O) groups is 1. The fourth-order valence-electron chi connectivity index (χ4n) is 2.04. The molecule has 0 heterocycles. The highest BCUT2D eigenvalue weighted by atomic mass is 32.2. The number of nitro benzene ring substituents is 1. The summed E-state index contributed by atoms with van der Waals surface area (Å²) in [7, 11) is -4.07. The van der Waals surface area contributed by atoms with Gasteiger partial charge in [0.2, 0.25) is 10.0 Å². The highest BCUT2D eigenvalue weighted by molar-refractivity contribution is 7.89. The van der Waals surface area contributed by atoms with E-state index in [1.54, 1.807) is 12.1 Å². The average molecular weight is 379 g/mol. The molecule has 0 atom stereocenters. The van der Waals surface area contributed by atoms with Gasteiger partial charge in [-0.25, -0.2) is 17.9 Å². The molecular weight excluding hydrogens is 362 g/mol. The second-order valence-electron chi connectivity index (χ2n) is 5.11. The third-order valence-electron chi connectivity index (χ3n) is 3.25. The molecule has 0 aliphatic rings. The summed E-state index contributed by atoms with van der Waals surface area (Å²) < 4.78 is 31.5. The molecule has 26 heavy (non-hydrogen) atoms. The van der Waals surface area contributed by atoms with Gasteiger partial charge in [-0.05, 0) is 11.6 Å². The first-order chi connectivity index (χ1) is 12.4. The number of hydrogen-bond donors (Lipinski definition) is 2. The van der Waals surface area contributed by atoms with Gasteiger partial charge < -0.3 is 10.1 Å². The lowest BCUT2D eigenvalue weighted by Crippen LogP contribution is -2.35. The molecule has 0 saturated heterocycles. The van der Waals surface area contributed by atoms with Crippen LogP contribution in [0, 0.1) is 10.1 Å². The predicted molar refractivity (Wildman–Crippen MR) is 92.9 cm³/mol. The van der Waals surface area contributed by atoms with Gasteiger partial charge in [-0.1, -0.05) is 42.5 Å². The minimum Gasteiger partial charge on any atom is -0.445 e. The largest absolute Gasteiger partial charge is 0.445 e. The third kappa shape index (κ3) is 5.53. The topological polar surface area (TPSA) is 128 Å². The second-order valence-corrected chi connectivity index (χ2v) is 6.85. The Morgan fingerprint density at radius 3 is 2.38 bits per heavy atom. The van der Waals surface area contributed by atoms with E-state index in [1.165, 1.54) is 12.1 Å². The maximum atomic E-state index is 12.2. The smallest absolute Gasteiger partial charge is 0.407 e. The van der Waals surface area contributed by atoms with Gasteiger partial charge in [-0.15, -0.1) is 0 Å². The monoisotopic (exact) mass is 379 g/mol. The number of nitro groups is 1. The lowest BCUT2D eigenvalue weighted by molar-refractivity contribution is -0.387. The van der Waals surface area contributed by atoms with E-state index in [-0.39, 0.29) is 19.7 Å². The van der Waals surface area contributed by atoms with Crippen molar-refractivity contribution in [2.45, 2.75) is 11.5 Å². The van der Waals surface area contributed by atoms with Crippen LogP contribution in [0.5, 0.6) is 0 Å². The van der Waals surface area contributed by atoms with E-state index in [4.69, 9.17) is 4.74 Å². The first kappa shape index (κ1) is 19.3. The van der Waals surface area contributed by atoms with E-state index < -0.39 is 31.6 Å². The Hall–Kier alpha value is -2.98. The van der Waals surface area contributed by atoms with E-state index in [0.29, 0.717) is 0 Å². The van der Waals surface area contributed by atoms with Crippen molar-refractivity contribution in [3.63, 3.8) is 0 Å². The Bertz CT molecular complexity index is 871. The molecule has 0 saturated carbocycles. The first-order valence-electron chi connectivity index (χ1n) is 7.58. The molecule has 2 N–H and O–H groups in total. The number of nitrogens with zero attached hydrogens (tertiary/aromatic N) is 1. The van der Waals surface area contributed by atoms with Crippen LogP contribution in [0.2, 0.25) is 0 Å². The van der Waals surface area contributed by atoms with Gasteiger partial charge in [0.25, 0.3) is 5.69 Å². The normalized spacial score (nSPS) is 10.9. The highest BCUT2D eigenvalue weighted by Gasteiger charge is 2.24. The summed E-state index contributed by atoms with van der Waals surface area (Å²) in [5, 5.41) is 13.3. The van der Waals surface area contributed by atoms with E-state index >= 15 is 0 Å². The molecule has 0 radical (unpaired) electrons. The minimum atomic E-state index is -4.07. The van der Waals surface area contributed by atoms with E-state index in [1.807, 2.05) is 18.2 Å². The zero-order valence-corrected chi connectivity index (χ0v) is 14.4. The van der Waals surface area contributed by atoms with Gasteiger partial charge >= 0.3 is 6.09 Å². The van der Waals surface area contributed by atoms with Crippen LogP contribution < -0.4 is 10.0 Å². The number of rotatable bonds is 8. The second kappa shape index (κ2) is 8.92. The standard InChI is InChI=1S/C16H17N3O6S/c20-16(25-12-13-6-2-1-3-7-13)17-10-11-18-26(23,24)15-9-5-4-8-14(15)19(21)22/h1-9,18H,10-12H2,(H,17,20). The van der Waals surface area contributed by atoms with E-state index in [0.717, 1.165) is 17.7 Å². The highest BCUT2D eigenvalue weighted by Crippen LogP contribution is 2.22. The van der Waals surface area contributed by atoms with Crippen molar-refractivity contribution in [1.29, 1.82) is 0 Å². The van der Waals surface area contributed by atoms with Crippen molar-refractivity contribution in [2.24, 2.45) is 0 Å². The number of amides is 1. The zero-order valence-electron chi connectivity index (χ0n) is 13.6. The van der Waals surface area contributed by atoms with Crippen LogP contribution in [0.1, 0.15) is 5.56 Å². The van der Waals surface area contributed by atoms with Crippen LogP contribution in [0.3, 0.4) is 0 Å². The minimum absolute atomic E-state index is 0.0342. The van der Waals surface area contributed by atoms with Gasteiger partial charge in [-0.2, -0.15) is 0 Å². The number of benzene rings is 2. The summed E-state index contributed by atoms with van der Waals surface area (Å²) in [5.74, 6) is 0. The number of hydrogen-bond acceptors (Lipinski definition) is 6. The molecule has 0 aromatic heterocycles. The van der Waals surface area contributed by atoms with Gasteiger partial charge in [0.1, 0.15) is 6.61 Å². The van der Waals surface area contributed by atoms with Crippen molar-refractivity contribution in [3.05, 3.63) is 70.3 Å². The molecule has 2 aromatic carbocycles. The van der Waals surface area contributed by atoms with Gasteiger partial charge in [-0.3, -0.25) is 10.1 Å². The Morgan fingerprint density at radius 1 is 1.04 bits per heavy atom. The van der Waals surface area contributed by atoms with Crippen LogP contribution in [-0.4, -0.2) is 32.5 Å². The molecule has 2 rings (SSSR count). The number of sulfonamides is 1. The quantitative estimate of drug-likeness (QED) is 0.409. The molecule has 0 unspecified atom stereocenters. The molecular formula is C16H17N3O6S. The Labute approximate surface area is 150 Å². The molecule has 138 valence electrons. The molecule has 0 fully saturated rings. The third-order valence-corrected chi connectivity index (χ3v) is 4.76. The van der Waals surface area contributed by atoms with E-state index in [9.17, 15) is 23.3 Å². The van der Waals surface area contributed by atoms with Crippen molar-refractivity contribution >= 4 is 21.8 Å². The zero-order chi connectivity index (χ0) is 19.0. The van der Waals surface area contributed by atoms with E-state index in [2.05, 4.69) is 10.0 Å². The lowest BCUT2D eigenvalue weighted by atomic mass is 10.2. The molecule has 0 bridgehead atoms. The Kier molecular flexibility index (Phi) is 6.64. The summed E-state index contributed by atoms with van der Waals surface area (Å²) in [5.41, 5.74) is 0.301. The molecule has 9 nitrogen and oxygen atoms in total. The molecule has 0 aliphatic carbocycles. The fourth-order valence-corrected chi connectivity index (χ4v) is 3.24. The van der Waals surface area contributed by atoms with Crippen molar-refractivity contribution in [2.75, 3.05) is 13.1 Å².